The third-order valence-corrected chi connectivity index (χ3v) is 6.03. The van der Waals surface area contributed by atoms with Gasteiger partial charge in [0, 0.05) is 29.8 Å². The van der Waals surface area contributed by atoms with Crippen molar-refractivity contribution in [3.05, 3.63) is 76.4 Å². The first kappa shape index (κ1) is 24.2. The third kappa shape index (κ3) is 5.39. The number of alkyl halides is 3. The summed E-state index contributed by atoms with van der Waals surface area (Å²) in [7, 11) is 0. The summed E-state index contributed by atoms with van der Waals surface area (Å²) in [5.41, 5.74) is 0.408. The molecule has 180 valence electrons. The summed E-state index contributed by atoms with van der Waals surface area (Å²) in [5, 5.41) is 3.20. The number of amides is 1. The lowest BCUT2D eigenvalue weighted by Gasteiger charge is -2.23. The fraction of sp³-hybridized carbons (Fsp3) is 0.320. The summed E-state index contributed by atoms with van der Waals surface area (Å²) in [4.78, 5) is 12.8. The van der Waals surface area contributed by atoms with Crippen molar-refractivity contribution in [1.82, 2.24) is 9.88 Å². The maximum Gasteiger partial charge on any atom is 0.431 e. The zero-order valence-electron chi connectivity index (χ0n) is 18.5. The molecule has 0 bridgehead atoms. The van der Waals surface area contributed by atoms with Crippen LogP contribution in [0.5, 0.6) is 5.88 Å². The number of halogens is 4. The van der Waals surface area contributed by atoms with Crippen LogP contribution in [0.4, 0.5) is 18.0 Å². The summed E-state index contributed by atoms with van der Waals surface area (Å²) in [6.45, 7) is 2.27. The van der Waals surface area contributed by atoms with E-state index in [4.69, 9.17) is 21.1 Å². The molecule has 1 fully saturated rings. The van der Waals surface area contributed by atoms with E-state index in [0.29, 0.717) is 42.2 Å². The average Bonchev–Trinajstić information content (AvgIpc) is 3.06. The van der Waals surface area contributed by atoms with Crippen molar-refractivity contribution >= 4 is 17.7 Å². The van der Waals surface area contributed by atoms with E-state index in [2.05, 4.69) is 5.32 Å². The largest absolute Gasteiger partial charge is 0.431 e. The fourth-order valence-corrected chi connectivity index (χ4v) is 4.31. The molecule has 3 aromatic rings. The van der Waals surface area contributed by atoms with Crippen LogP contribution < -0.4 is 10.1 Å². The Morgan fingerprint density at radius 1 is 1.12 bits per heavy atom. The minimum absolute atomic E-state index is 0.0281. The number of carbonyl (C=O) groups excluding carboxylic acids is 1. The molecule has 1 saturated heterocycles. The Morgan fingerprint density at radius 3 is 2.38 bits per heavy atom. The summed E-state index contributed by atoms with van der Waals surface area (Å²) in [6.07, 6.45) is -4.25. The SMILES string of the molecule is Cc1c(-c2ccc(Cl)cc2)c(OC(=O)NC2CCOCC2)n(Cc2ccccc2)c1C(F)(F)F. The van der Waals surface area contributed by atoms with Crippen LogP contribution in [0.25, 0.3) is 11.1 Å². The normalized spacial score (nSPS) is 14.7. The van der Waals surface area contributed by atoms with Crippen LogP contribution in [0.2, 0.25) is 5.02 Å². The molecule has 0 atom stereocenters. The van der Waals surface area contributed by atoms with Crippen LogP contribution in [-0.2, 0) is 17.5 Å². The Morgan fingerprint density at radius 2 is 1.76 bits per heavy atom. The number of nitrogens with zero attached hydrogens (tertiary/aromatic N) is 1. The fourth-order valence-electron chi connectivity index (χ4n) is 4.19. The maximum atomic E-state index is 14.3. The summed E-state index contributed by atoms with van der Waals surface area (Å²) in [5.74, 6) is -0.166. The molecule has 1 aromatic heterocycles. The molecule has 4 rings (SSSR count). The van der Waals surface area contributed by atoms with Crippen molar-refractivity contribution in [3.63, 3.8) is 0 Å². The number of rotatable bonds is 5. The number of nitrogens with one attached hydrogen (secondary N) is 1. The van der Waals surface area contributed by atoms with E-state index in [9.17, 15) is 18.0 Å². The first-order chi connectivity index (χ1) is 16.2. The van der Waals surface area contributed by atoms with Gasteiger partial charge in [0.05, 0.1) is 6.54 Å². The van der Waals surface area contributed by atoms with Gasteiger partial charge in [-0.05, 0) is 48.6 Å². The Balaban J connectivity index is 1.82. The molecule has 0 radical (unpaired) electrons. The lowest BCUT2D eigenvalue weighted by atomic mass is 10.0. The van der Waals surface area contributed by atoms with Gasteiger partial charge in [-0.1, -0.05) is 54.1 Å². The highest BCUT2D eigenvalue weighted by Gasteiger charge is 2.41. The second kappa shape index (κ2) is 10.1. The van der Waals surface area contributed by atoms with E-state index in [1.807, 2.05) is 0 Å². The zero-order valence-corrected chi connectivity index (χ0v) is 19.2. The molecule has 1 aliphatic rings. The second-order valence-electron chi connectivity index (χ2n) is 8.15. The number of hydrogen-bond donors (Lipinski definition) is 1. The van der Waals surface area contributed by atoms with Crippen molar-refractivity contribution in [2.45, 2.75) is 38.5 Å². The minimum Gasteiger partial charge on any atom is -0.392 e. The lowest BCUT2D eigenvalue weighted by Crippen LogP contribution is -2.40. The number of benzene rings is 2. The molecule has 0 spiro atoms. The van der Waals surface area contributed by atoms with Crippen molar-refractivity contribution in [2.24, 2.45) is 0 Å². The molecule has 2 aromatic carbocycles. The van der Waals surface area contributed by atoms with Gasteiger partial charge in [0.15, 0.2) is 0 Å². The van der Waals surface area contributed by atoms with Crippen LogP contribution in [0.1, 0.15) is 29.7 Å². The number of carbonyl (C=O) groups is 1. The van der Waals surface area contributed by atoms with E-state index in [0.717, 1.165) is 4.57 Å². The average molecular weight is 493 g/mol. The van der Waals surface area contributed by atoms with Gasteiger partial charge in [0.2, 0.25) is 5.88 Å². The van der Waals surface area contributed by atoms with E-state index >= 15 is 0 Å². The second-order valence-corrected chi connectivity index (χ2v) is 8.59. The predicted octanol–water partition coefficient (Wildman–Crippen LogP) is 6.45. The molecule has 1 aliphatic heterocycles. The van der Waals surface area contributed by atoms with Crippen molar-refractivity contribution in [3.8, 4) is 17.0 Å². The Hall–Kier alpha value is -2.97. The lowest BCUT2D eigenvalue weighted by molar-refractivity contribution is -0.144. The molecule has 1 amide bonds. The van der Waals surface area contributed by atoms with Crippen LogP contribution in [0.15, 0.2) is 54.6 Å². The highest BCUT2D eigenvalue weighted by Crippen LogP contribution is 2.45. The van der Waals surface area contributed by atoms with E-state index in [1.54, 1.807) is 54.6 Å². The van der Waals surface area contributed by atoms with Gasteiger partial charge in [-0.2, -0.15) is 13.2 Å². The smallest absolute Gasteiger partial charge is 0.392 e. The van der Waals surface area contributed by atoms with Crippen LogP contribution in [0, 0.1) is 6.92 Å². The van der Waals surface area contributed by atoms with E-state index < -0.39 is 18.0 Å². The zero-order chi connectivity index (χ0) is 24.3. The van der Waals surface area contributed by atoms with Crippen LogP contribution in [0.3, 0.4) is 0 Å². The summed E-state index contributed by atoms with van der Waals surface area (Å²) >= 11 is 6.00. The van der Waals surface area contributed by atoms with Crippen LogP contribution >= 0.6 is 11.6 Å². The molecular formula is C25H24ClF3N2O3. The van der Waals surface area contributed by atoms with Gasteiger partial charge < -0.3 is 19.4 Å². The molecule has 2 heterocycles. The van der Waals surface area contributed by atoms with E-state index in [-0.39, 0.29) is 29.6 Å². The number of ether oxygens (including phenoxy) is 2. The standard InChI is InChI=1S/C25H24ClF3N2O3/c1-16-21(18-7-9-19(26)10-8-18)23(34-24(32)30-20-11-13-33-14-12-20)31(22(16)25(27,28)29)15-17-5-3-2-4-6-17/h2-10,20H,11-15H2,1H3,(H,30,32). The van der Waals surface area contributed by atoms with Crippen molar-refractivity contribution < 1.29 is 27.4 Å². The Bertz CT molecular complexity index is 1140. The van der Waals surface area contributed by atoms with E-state index in [1.165, 1.54) is 6.92 Å². The molecule has 5 nitrogen and oxygen atoms in total. The molecule has 34 heavy (non-hydrogen) atoms. The topological polar surface area (TPSA) is 52.5 Å². The molecule has 1 N–H and O–H groups in total. The number of hydrogen-bond acceptors (Lipinski definition) is 3. The van der Waals surface area contributed by atoms with Gasteiger partial charge in [-0.3, -0.25) is 0 Å². The van der Waals surface area contributed by atoms with Gasteiger partial charge in [-0.15, -0.1) is 0 Å². The van der Waals surface area contributed by atoms with Gasteiger partial charge in [-0.25, -0.2) is 4.79 Å². The van der Waals surface area contributed by atoms with Gasteiger partial charge in [0.1, 0.15) is 5.69 Å². The first-order valence-corrected chi connectivity index (χ1v) is 11.3. The monoisotopic (exact) mass is 492 g/mol. The molecule has 0 aliphatic carbocycles. The summed E-state index contributed by atoms with van der Waals surface area (Å²) in [6, 6.07) is 15.0. The molecule has 0 saturated carbocycles. The highest BCUT2D eigenvalue weighted by atomic mass is 35.5. The molecule has 9 heteroatoms. The third-order valence-electron chi connectivity index (χ3n) is 5.78. The first-order valence-electron chi connectivity index (χ1n) is 10.9. The van der Waals surface area contributed by atoms with Gasteiger partial charge in [0.25, 0.3) is 0 Å². The van der Waals surface area contributed by atoms with Crippen molar-refractivity contribution in [2.75, 3.05) is 13.2 Å². The Kier molecular flexibility index (Phi) is 7.19. The predicted molar refractivity (Wildman–Crippen MR) is 123 cm³/mol. The maximum absolute atomic E-state index is 14.3. The molecule has 0 unspecified atom stereocenters. The quantitative estimate of drug-likeness (QED) is 0.445. The van der Waals surface area contributed by atoms with Crippen molar-refractivity contribution in [1.29, 1.82) is 0 Å². The van der Waals surface area contributed by atoms with Gasteiger partial charge >= 0.3 is 12.3 Å². The number of aromatic nitrogens is 1. The highest BCUT2D eigenvalue weighted by molar-refractivity contribution is 6.30. The summed E-state index contributed by atoms with van der Waals surface area (Å²) < 4.78 is 54.8. The minimum atomic E-state index is -4.67. The molecular weight excluding hydrogens is 469 g/mol. The Labute approximate surface area is 200 Å². The van der Waals surface area contributed by atoms with Crippen LogP contribution in [-0.4, -0.2) is 29.9 Å².